The molecule has 0 aliphatic carbocycles. The van der Waals surface area contributed by atoms with Gasteiger partial charge in [-0.2, -0.15) is 0 Å². The van der Waals surface area contributed by atoms with Crippen molar-refractivity contribution in [2.75, 3.05) is 0 Å². The van der Waals surface area contributed by atoms with Gasteiger partial charge in [-0.25, -0.2) is 0 Å². The fourth-order valence-corrected chi connectivity index (χ4v) is 1.81. The molecule has 0 fully saturated rings. The maximum Gasteiger partial charge on any atom is 0.119 e. The van der Waals surface area contributed by atoms with Crippen LogP contribution in [-0.4, -0.2) is 5.11 Å². The molecule has 15 heavy (non-hydrogen) atoms. The van der Waals surface area contributed by atoms with Crippen LogP contribution in [0.4, 0.5) is 0 Å². The summed E-state index contributed by atoms with van der Waals surface area (Å²) in [6, 6.07) is 5.83. The van der Waals surface area contributed by atoms with Crippen LogP contribution < -0.4 is 0 Å². The van der Waals surface area contributed by atoms with Gasteiger partial charge in [-0.1, -0.05) is 36.8 Å². The van der Waals surface area contributed by atoms with Gasteiger partial charge in [-0.15, -0.1) is 0 Å². The number of aryl methyl sites for hydroxylation is 1. The molecule has 0 saturated carbocycles. The van der Waals surface area contributed by atoms with Crippen molar-refractivity contribution in [1.29, 1.82) is 0 Å². The first kappa shape index (κ1) is 11.8. The third-order valence-corrected chi connectivity index (χ3v) is 2.77. The van der Waals surface area contributed by atoms with Crippen LogP contribution in [0.1, 0.15) is 43.7 Å². The van der Waals surface area contributed by atoms with Gasteiger partial charge < -0.3 is 5.11 Å². The first-order valence-electron chi connectivity index (χ1n) is 5.59. The summed E-state index contributed by atoms with van der Waals surface area (Å²) in [6.45, 7) is 6.25. The minimum atomic E-state index is 0.428. The van der Waals surface area contributed by atoms with Crippen LogP contribution in [0.15, 0.2) is 30.4 Å². The highest BCUT2D eigenvalue weighted by Crippen LogP contribution is 2.31. The van der Waals surface area contributed by atoms with E-state index in [-0.39, 0.29) is 0 Å². The van der Waals surface area contributed by atoms with Gasteiger partial charge >= 0.3 is 0 Å². The van der Waals surface area contributed by atoms with Crippen molar-refractivity contribution >= 4 is 0 Å². The lowest BCUT2D eigenvalue weighted by Crippen LogP contribution is -1.97. The molecule has 1 nitrogen and oxygen atoms in total. The smallest absolute Gasteiger partial charge is 0.119 e. The molecule has 1 unspecified atom stereocenters. The van der Waals surface area contributed by atoms with E-state index in [1.807, 2.05) is 13.0 Å². The Morgan fingerprint density at radius 3 is 2.73 bits per heavy atom. The molecular formula is C14H20O. The zero-order valence-corrected chi connectivity index (χ0v) is 9.83. The van der Waals surface area contributed by atoms with Gasteiger partial charge in [0, 0.05) is 0 Å². The van der Waals surface area contributed by atoms with Crippen molar-refractivity contribution in [3.63, 3.8) is 0 Å². The van der Waals surface area contributed by atoms with E-state index < -0.39 is 0 Å². The maximum atomic E-state index is 9.81. The topological polar surface area (TPSA) is 20.2 Å². The van der Waals surface area contributed by atoms with E-state index in [0.717, 1.165) is 18.4 Å². The van der Waals surface area contributed by atoms with Crippen molar-refractivity contribution in [3.8, 4) is 5.75 Å². The standard InChI is InChI=1S/C14H20O/c1-4-6-7-12(5-2)13-10-11(3)8-9-14(13)15/h4,6,8-10,12,15H,5,7H2,1-3H3/b6-4-. The molecule has 0 aromatic heterocycles. The second kappa shape index (κ2) is 5.59. The SMILES string of the molecule is C/C=C\CC(CC)c1cc(C)ccc1O. The summed E-state index contributed by atoms with van der Waals surface area (Å²) in [4.78, 5) is 0. The molecule has 1 aromatic rings. The molecule has 1 N–H and O–H groups in total. The summed E-state index contributed by atoms with van der Waals surface area (Å²) in [5, 5.41) is 9.81. The van der Waals surface area contributed by atoms with Crippen LogP contribution in [0.3, 0.4) is 0 Å². The van der Waals surface area contributed by atoms with Gasteiger partial charge in [0.05, 0.1) is 0 Å². The molecule has 82 valence electrons. The molecule has 0 saturated heterocycles. The molecule has 0 bridgehead atoms. The maximum absolute atomic E-state index is 9.81. The normalized spacial score (nSPS) is 13.3. The Labute approximate surface area is 92.5 Å². The van der Waals surface area contributed by atoms with E-state index in [2.05, 4.69) is 32.1 Å². The lowest BCUT2D eigenvalue weighted by Gasteiger charge is -2.15. The van der Waals surface area contributed by atoms with E-state index in [0.29, 0.717) is 11.7 Å². The van der Waals surface area contributed by atoms with Crippen molar-refractivity contribution < 1.29 is 5.11 Å². The van der Waals surface area contributed by atoms with Gasteiger partial charge in [-0.3, -0.25) is 0 Å². The first-order valence-corrected chi connectivity index (χ1v) is 5.59. The number of hydrogen-bond acceptors (Lipinski definition) is 1. The summed E-state index contributed by atoms with van der Waals surface area (Å²) >= 11 is 0. The van der Waals surface area contributed by atoms with E-state index in [1.54, 1.807) is 6.07 Å². The number of rotatable bonds is 4. The average Bonchev–Trinajstić information content (AvgIpc) is 2.24. The highest BCUT2D eigenvalue weighted by atomic mass is 16.3. The van der Waals surface area contributed by atoms with E-state index in [1.165, 1.54) is 5.56 Å². The van der Waals surface area contributed by atoms with E-state index in [4.69, 9.17) is 0 Å². The number of hydrogen-bond donors (Lipinski definition) is 1. The zero-order valence-electron chi connectivity index (χ0n) is 9.83. The van der Waals surface area contributed by atoms with Crippen LogP contribution >= 0.6 is 0 Å². The molecule has 0 aliphatic rings. The van der Waals surface area contributed by atoms with Crippen molar-refractivity contribution in [2.45, 2.75) is 39.5 Å². The fraction of sp³-hybridized carbons (Fsp3) is 0.429. The van der Waals surface area contributed by atoms with Gasteiger partial charge in [0.15, 0.2) is 0 Å². The van der Waals surface area contributed by atoms with Crippen LogP contribution in [0.25, 0.3) is 0 Å². The summed E-state index contributed by atoms with van der Waals surface area (Å²) in [6.07, 6.45) is 6.29. The summed E-state index contributed by atoms with van der Waals surface area (Å²) < 4.78 is 0. The minimum absolute atomic E-state index is 0.428. The van der Waals surface area contributed by atoms with Crippen LogP contribution in [-0.2, 0) is 0 Å². The van der Waals surface area contributed by atoms with Gasteiger partial charge in [0.1, 0.15) is 5.75 Å². The van der Waals surface area contributed by atoms with E-state index in [9.17, 15) is 5.11 Å². The quantitative estimate of drug-likeness (QED) is 0.730. The lowest BCUT2D eigenvalue weighted by atomic mass is 9.91. The third-order valence-electron chi connectivity index (χ3n) is 2.77. The predicted octanol–water partition coefficient (Wildman–Crippen LogP) is 4.16. The Hall–Kier alpha value is -1.24. The van der Waals surface area contributed by atoms with Gasteiger partial charge in [0.2, 0.25) is 0 Å². The predicted molar refractivity (Wildman–Crippen MR) is 65.3 cm³/mol. The highest BCUT2D eigenvalue weighted by molar-refractivity contribution is 5.38. The second-order valence-corrected chi connectivity index (χ2v) is 3.97. The molecule has 0 aliphatic heterocycles. The fourth-order valence-electron chi connectivity index (χ4n) is 1.81. The molecule has 1 rings (SSSR count). The van der Waals surface area contributed by atoms with Crippen LogP contribution in [0.5, 0.6) is 5.75 Å². The molecule has 0 radical (unpaired) electrons. The molecule has 1 atom stereocenters. The van der Waals surface area contributed by atoms with Gasteiger partial charge in [0.25, 0.3) is 0 Å². The van der Waals surface area contributed by atoms with Crippen molar-refractivity contribution in [1.82, 2.24) is 0 Å². The molecule has 0 spiro atoms. The zero-order chi connectivity index (χ0) is 11.3. The summed E-state index contributed by atoms with van der Waals surface area (Å²) in [7, 11) is 0. The monoisotopic (exact) mass is 204 g/mol. The molecule has 1 heteroatoms. The summed E-state index contributed by atoms with van der Waals surface area (Å²) in [5.41, 5.74) is 2.29. The molecule has 0 amide bonds. The van der Waals surface area contributed by atoms with Crippen molar-refractivity contribution in [2.24, 2.45) is 0 Å². The molecular weight excluding hydrogens is 184 g/mol. The highest BCUT2D eigenvalue weighted by Gasteiger charge is 2.11. The van der Waals surface area contributed by atoms with Gasteiger partial charge in [-0.05, 0) is 44.2 Å². The average molecular weight is 204 g/mol. The number of phenols is 1. The Bertz CT molecular complexity index is 339. The number of phenolic OH excluding ortho intramolecular Hbond substituents is 1. The van der Waals surface area contributed by atoms with E-state index >= 15 is 0 Å². The Morgan fingerprint density at radius 2 is 2.13 bits per heavy atom. The molecule has 0 heterocycles. The first-order chi connectivity index (χ1) is 7.19. The number of benzene rings is 1. The third kappa shape index (κ3) is 3.12. The second-order valence-electron chi connectivity index (χ2n) is 3.97. The van der Waals surface area contributed by atoms with Crippen molar-refractivity contribution in [3.05, 3.63) is 41.5 Å². The summed E-state index contributed by atoms with van der Waals surface area (Å²) in [5.74, 6) is 0.859. The van der Waals surface area contributed by atoms with Crippen LogP contribution in [0, 0.1) is 6.92 Å². The largest absolute Gasteiger partial charge is 0.508 e. The Kier molecular flexibility index (Phi) is 4.41. The number of aromatic hydroxyl groups is 1. The number of allylic oxidation sites excluding steroid dienone is 2. The Morgan fingerprint density at radius 1 is 1.40 bits per heavy atom. The lowest BCUT2D eigenvalue weighted by molar-refractivity contribution is 0.459. The minimum Gasteiger partial charge on any atom is -0.508 e. The molecule has 1 aromatic carbocycles. The Balaban J connectivity index is 2.94. The van der Waals surface area contributed by atoms with Crippen LogP contribution in [0.2, 0.25) is 0 Å².